The number of pyridine rings is 1. The van der Waals surface area contributed by atoms with Gasteiger partial charge in [0.15, 0.2) is 11.5 Å². The smallest absolute Gasteiger partial charge is 0.233 e. The molecule has 2 aromatic heterocycles. The number of nitrogens with two attached hydrogens (primary N) is 2. The van der Waals surface area contributed by atoms with Gasteiger partial charge in [-0.1, -0.05) is 17.7 Å². The second-order valence-electron chi connectivity index (χ2n) is 5.09. The summed E-state index contributed by atoms with van der Waals surface area (Å²) in [7, 11) is 0. The van der Waals surface area contributed by atoms with Crippen molar-refractivity contribution in [2.75, 3.05) is 11.5 Å². The minimum absolute atomic E-state index is 0.0776. The van der Waals surface area contributed by atoms with Gasteiger partial charge in [-0.25, -0.2) is 4.68 Å². The van der Waals surface area contributed by atoms with Crippen LogP contribution in [0.2, 0.25) is 5.02 Å². The van der Waals surface area contributed by atoms with E-state index in [9.17, 15) is 4.79 Å². The largest absolute Gasteiger partial charge is 0.394 e. The van der Waals surface area contributed by atoms with Gasteiger partial charge >= 0.3 is 0 Å². The fourth-order valence-corrected chi connectivity index (χ4v) is 2.24. The molecule has 0 spiro atoms. The molecule has 0 bridgehead atoms. The number of aryl methyl sites for hydroxylation is 1. The first-order valence-electron chi connectivity index (χ1n) is 6.84. The molecular weight excluding hydrogens is 314 g/mol. The number of halogens is 1. The summed E-state index contributed by atoms with van der Waals surface area (Å²) in [6.07, 6.45) is 1.61. The Bertz CT molecular complexity index is 869. The molecule has 2 heterocycles. The van der Waals surface area contributed by atoms with Crippen molar-refractivity contribution in [2.45, 2.75) is 6.92 Å². The van der Waals surface area contributed by atoms with Crippen LogP contribution in [0.4, 0.5) is 11.5 Å². The van der Waals surface area contributed by atoms with Crippen molar-refractivity contribution in [1.82, 2.24) is 14.8 Å². The molecule has 3 aromatic rings. The minimum atomic E-state index is -0.373. The lowest BCUT2D eigenvalue weighted by Gasteiger charge is -2.03. The van der Waals surface area contributed by atoms with E-state index < -0.39 is 0 Å². The summed E-state index contributed by atoms with van der Waals surface area (Å²) in [5, 5.41) is 4.83. The molecule has 116 valence electrons. The molecule has 1 aromatic carbocycles. The number of nitrogen functional groups attached to an aromatic ring is 2. The zero-order valence-corrected chi connectivity index (χ0v) is 13.1. The van der Waals surface area contributed by atoms with Crippen LogP contribution in [-0.2, 0) is 0 Å². The summed E-state index contributed by atoms with van der Waals surface area (Å²) in [4.78, 5) is 16.6. The number of aromatic nitrogens is 3. The SMILES string of the molecule is Cc1ccc(C(=O)c2nn(-c3ccc(Cl)cc3)c(N)c2N)nc1. The summed E-state index contributed by atoms with van der Waals surface area (Å²) >= 11 is 5.87. The lowest BCUT2D eigenvalue weighted by molar-refractivity contribution is 0.103. The van der Waals surface area contributed by atoms with Crippen molar-refractivity contribution in [2.24, 2.45) is 0 Å². The predicted octanol–water partition coefficient (Wildman–Crippen LogP) is 2.62. The van der Waals surface area contributed by atoms with Crippen LogP contribution in [0.25, 0.3) is 5.69 Å². The number of nitrogens with zero attached hydrogens (tertiary/aromatic N) is 3. The Morgan fingerprint density at radius 2 is 1.83 bits per heavy atom. The van der Waals surface area contributed by atoms with Gasteiger partial charge in [-0.2, -0.15) is 5.10 Å². The zero-order valence-electron chi connectivity index (χ0n) is 12.3. The first-order valence-corrected chi connectivity index (χ1v) is 7.22. The van der Waals surface area contributed by atoms with Gasteiger partial charge in [-0.3, -0.25) is 9.78 Å². The quantitative estimate of drug-likeness (QED) is 0.720. The van der Waals surface area contributed by atoms with E-state index in [0.717, 1.165) is 5.56 Å². The standard InChI is InChI=1S/C16H14ClN5O/c1-9-2-7-12(20-8-9)15(23)14-13(18)16(19)22(21-14)11-5-3-10(17)4-6-11/h2-8H,18-19H2,1H3. The maximum Gasteiger partial charge on any atom is 0.233 e. The Kier molecular flexibility index (Phi) is 3.75. The van der Waals surface area contributed by atoms with E-state index in [0.29, 0.717) is 10.7 Å². The highest BCUT2D eigenvalue weighted by molar-refractivity contribution is 6.30. The molecule has 0 amide bonds. The van der Waals surface area contributed by atoms with Crippen LogP contribution in [-0.4, -0.2) is 20.5 Å². The minimum Gasteiger partial charge on any atom is -0.394 e. The van der Waals surface area contributed by atoms with E-state index in [-0.39, 0.29) is 28.7 Å². The van der Waals surface area contributed by atoms with Crippen molar-refractivity contribution >= 4 is 28.9 Å². The van der Waals surface area contributed by atoms with Gasteiger partial charge in [-0.05, 0) is 42.8 Å². The summed E-state index contributed by atoms with van der Waals surface area (Å²) in [6.45, 7) is 1.89. The monoisotopic (exact) mass is 327 g/mol. The normalized spacial score (nSPS) is 10.7. The van der Waals surface area contributed by atoms with Crippen LogP contribution in [0.15, 0.2) is 42.6 Å². The van der Waals surface area contributed by atoms with Crippen molar-refractivity contribution in [1.29, 1.82) is 0 Å². The topological polar surface area (TPSA) is 99.8 Å². The number of ketones is 1. The molecule has 4 N–H and O–H groups in total. The van der Waals surface area contributed by atoms with Crippen molar-refractivity contribution < 1.29 is 4.79 Å². The van der Waals surface area contributed by atoms with Gasteiger partial charge in [0.2, 0.25) is 5.78 Å². The van der Waals surface area contributed by atoms with Crippen LogP contribution in [0.1, 0.15) is 21.7 Å². The Morgan fingerprint density at radius 3 is 2.43 bits per heavy atom. The van der Waals surface area contributed by atoms with Crippen LogP contribution in [0.5, 0.6) is 0 Å². The fraction of sp³-hybridized carbons (Fsp3) is 0.0625. The van der Waals surface area contributed by atoms with Crippen molar-refractivity contribution in [3.8, 4) is 5.69 Å². The van der Waals surface area contributed by atoms with Crippen molar-refractivity contribution in [3.05, 3.63) is 64.6 Å². The number of carbonyl (C=O) groups excluding carboxylic acids is 1. The predicted molar refractivity (Wildman–Crippen MR) is 89.8 cm³/mol. The molecule has 0 radical (unpaired) electrons. The number of rotatable bonds is 3. The number of carbonyl (C=O) groups is 1. The van der Waals surface area contributed by atoms with E-state index in [1.54, 1.807) is 42.6 Å². The van der Waals surface area contributed by atoms with Crippen LogP contribution in [0, 0.1) is 6.92 Å². The summed E-state index contributed by atoms with van der Waals surface area (Å²) in [5.41, 5.74) is 14.0. The maximum atomic E-state index is 12.5. The molecular formula is C16H14ClN5O. The first kappa shape index (κ1) is 15.1. The Morgan fingerprint density at radius 1 is 1.13 bits per heavy atom. The second-order valence-corrected chi connectivity index (χ2v) is 5.52. The van der Waals surface area contributed by atoms with Gasteiger partial charge in [0.25, 0.3) is 0 Å². The molecule has 7 heteroatoms. The van der Waals surface area contributed by atoms with Gasteiger partial charge in [0, 0.05) is 11.2 Å². The van der Waals surface area contributed by atoms with Crippen molar-refractivity contribution in [3.63, 3.8) is 0 Å². The number of hydrogen-bond donors (Lipinski definition) is 2. The van der Waals surface area contributed by atoms with E-state index in [1.807, 2.05) is 6.92 Å². The Balaban J connectivity index is 2.04. The highest BCUT2D eigenvalue weighted by Crippen LogP contribution is 2.25. The molecule has 0 aliphatic heterocycles. The highest BCUT2D eigenvalue weighted by atomic mass is 35.5. The number of anilines is 2. The number of benzene rings is 1. The molecule has 0 fully saturated rings. The molecule has 0 aliphatic carbocycles. The summed E-state index contributed by atoms with van der Waals surface area (Å²) in [6, 6.07) is 10.3. The van der Waals surface area contributed by atoms with E-state index in [2.05, 4.69) is 10.1 Å². The van der Waals surface area contributed by atoms with Gasteiger partial charge in [-0.15, -0.1) is 0 Å². The molecule has 0 unspecified atom stereocenters. The maximum absolute atomic E-state index is 12.5. The zero-order chi connectivity index (χ0) is 16.6. The molecule has 6 nitrogen and oxygen atoms in total. The van der Waals surface area contributed by atoms with E-state index in [4.69, 9.17) is 23.1 Å². The van der Waals surface area contributed by atoms with E-state index in [1.165, 1.54) is 4.68 Å². The lowest BCUT2D eigenvalue weighted by Crippen LogP contribution is -2.08. The van der Waals surface area contributed by atoms with Gasteiger partial charge < -0.3 is 11.5 Å². The third kappa shape index (κ3) is 2.76. The molecule has 0 aliphatic rings. The fourth-order valence-electron chi connectivity index (χ4n) is 2.11. The third-order valence-electron chi connectivity index (χ3n) is 3.39. The number of hydrogen-bond acceptors (Lipinski definition) is 5. The third-order valence-corrected chi connectivity index (χ3v) is 3.64. The summed E-state index contributed by atoms with van der Waals surface area (Å²) in [5.74, 6) is -0.176. The lowest BCUT2D eigenvalue weighted by atomic mass is 10.1. The van der Waals surface area contributed by atoms with E-state index >= 15 is 0 Å². The van der Waals surface area contributed by atoms with Gasteiger partial charge in [0.1, 0.15) is 11.4 Å². The molecule has 23 heavy (non-hydrogen) atoms. The average molecular weight is 328 g/mol. The van der Waals surface area contributed by atoms with Crippen LogP contribution in [0.3, 0.4) is 0 Å². The summed E-state index contributed by atoms with van der Waals surface area (Å²) < 4.78 is 1.41. The first-order chi connectivity index (χ1) is 11.0. The second kappa shape index (κ2) is 5.73. The van der Waals surface area contributed by atoms with Gasteiger partial charge in [0.05, 0.1) is 5.69 Å². The Hall–Kier alpha value is -2.86. The molecule has 3 rings (SSSR count). The molecule has 0 saturated heterocycles. The molecule has 0 saturated carbocycles. The average Bonchev–Trinajstić information content (AvgIpc) is 2.84. The van der Waals surface area contributed by atoms with Crippen LogP contribution < -0.4 is 11.5 Å². The molecule has 0 atom stereocenters. The Labute approximate surface area is 137 Å². The highest BCUT2D eigenvalue weighted by Gasteiger charge is 2.22. The van der Waals surface area contributed by atoms with Crippen LogP contribution >= 0.6 is 11.6 Å².